The van der Waals surface area contributed by atoms with Crippen LogP contribution in [-0.4, -0.2) is 57.0 Å². The zero-order valence-electron chi connectivity index (χ0n) is 25.2. The van der Waals surface area contributed by atoms with Crippen LogP contribution in [0.1, 0.15) is 13.3 Å². The molecule has 21 heteroatoms. The summed E-state index contributed by atoms with van der Waals surface area (Å²) in [5.74, 6) is -16.5. The lowest BCUT2D eigenvalue weighted by atomic mass is 10.1. The number of phenols is 1. The number of nitrogens with two attached hydrogens (primary N) is 1. The number of fused-ring (bicyclic) bond motifs is 1. The Morgan fingerprint density at radius 3 is 2.10 bits per heavy atom. The van der Waals surface area contributed by atoms with Crippen molar-refractivity contribution in [3.63, 3.8) is 0 Å². The molecule has 4 aromatic rings. The Bertz CT molecular complexity index is 2200. The molecular formula is C29H24F7N5O7S2. The largest absolute Gasteiger partial charge is 0.507 e. The number of rotatable bonds is 11. The van der Waals surface area contributed by atoms with Crippen LogP contribution in [0.15, 0.2) is 92.8 Å². The highest BCUT2D eigenvalue weighted by Crippen LogP contribution is 2.47. The van der Waals surface area contributed by atoms with Crippen molar-refractivity contribution in [3.8, 4) is 5.75 Å². The standard InChI is InChI=1S/C29H24F7N5O7S2/c1-2-13-41(18-10-8-17(9-11-18)38-26(43)27(30,31)28(32,33)29(34,35)36)49(44,45)23-6-4-3-5-21(23)39-40-25-20(37)12-7-16-14-19(50(46,47)48)15-22(42)24(16)25/h3-12,14-15,42H,2,13,37H2,1H3,(H,38,43)(H,46,47,48). The molecule has 12 nitrogen and oxygen atoms in total. The van der Waals surface area contributed by atoms with E-state index in [1.165, 1.54) is 35.6 Å². The number of amides is 1. The van der Waals surface area contributed by atoms with Gasteiger partial charge in [0.05, 0.1) is 21.7 Å². The highest BCUT2D eigenvalue weighted by molar-refractivity contribution is 7.93. The number of hydrogen-bond donors (Lipinski definition) is 4. The van der Waals surface area contributed by atoms with Crippen molar-refractivity contribution in [2.75, 3.05) is 21.9 Å². The minimum atomic E-state index is -6.73. The van der Waals surface area contributed by atoms with Gasteiger partial charge in [-0.15, -0.1) is 10.2 Å². The van der Waals surface area contributed by atoms with Crippen LogP contribution in [0.5, 0.6) is 5.75 Å². The fourth-order valence-electron chi connectivity index (χ4n) is 4.48. The number of nitrogens with one attached hydrogen (secondary N) is 1. The topological polar surface area (TPSA) is 192 Å². The molecule has 1 amide bonds. The second-order valence-corrected chi connectivity index (χ2v) is 13.7. The maximum Gasteiger partial charge on any atom is 0.460 e. The van der Waals surface area contributed by atoms with Crippen LogP contribution in [0.25, 0.3) is 10.8 Å². The molecule has 0 heterocycles. The normalized spacial score (nSPS) is 13.1. The van der Waals surface area contributed by atoms with Gasteiger partial charge in [0.1, 0.15) is 22.0 Å². The molecule has 4 rings (SSSR count). The Labute approximate surface area is 278 Å². The highest BCUT2D eigenvalue weighted by Gasteiger charge is 2.76. The van der Waals surface area contributed by atoms with Crippen molar-refractivity contribution in [2.45, 2.75) is 41.2 Å². The summed E-state index contributed by atoms with van der Waals surface area (Å²) in [5, 5.41) is 19.9. The molecule has 5 N–H and O–H groups in total. The van der Waals surface area contributed by atoms with E-state index in [2.05, 4.69) is 10.2 Å². The lowest BCUT2D eigenvalue weighted by molar-refractivity contribution is -0.343. The molecule has 0 fully saturated rings. The minimum Gasteiger partial charge on any atom is -0.507 e. The summed E-state index contributed by atoms with van der Waals surface area (Å²) in [6.07, 6.45) is -6.53. The first kappa shape index (κ1) is 37.8. The zero-order chi connectivity index (χ0) is 37.4. The monoisotopic (exact) mass is 751 g/mol. The number of nitrogen functional groups attached to an aromatic ring is 1. The van der Waals surface area contributed by atoms with Crippen molar-refractivity contribution in [2.24, 2.45) is 10.2 Å². The highest BCUT2D eigenvalue weighted by atomic mass is 32.2. The molecule has 0 spiro atoms. The van der Waals surface area contributed by atoms with Crippen LogP contribution in [-0.2, 0) is 24.9 Å². The molecule has 0 aliphatic heterocycles. The average molecular weight is 752 g/mol. The van der Waals surface area contributed by atoms with Crippen LogP contribution < -0.4 is 15.4 Å². The molecule has 0 unspecified atom stereocenters. The lowest BCUT2D eigenvalue weighted by Gasteiger charge is -2.27. The molecule has 0 aromatic heterocycles. The van der Waals surface area contributed by atoms with Gasteiger partial charge >= 0.3 is 23.9 Å². The van der Waals surface area contributed by atoms with E-state index in [0.29, 0.717) is 0 Å². The molecule has 50 heavy (non-hydrogen) atoms. The number of halogens is 7. The molecule has 0 saturated carbocycles. The van der Waals surface area contributed by atoms with Gasteiger partial charge in [0.25, 0.3) is 20.1 Å². The Balaban J connectivity index is 1.69. The number of carbonyl (C=O) groups is 1. The molecule has 0 radical (unpaired) electrons. The lowest BCUT2D eigenvalue weighted by Crippen LogP contribution is -2.57. The van der Waals surface area contributed by atoms with Crippen LogP contribution in [0.2, 0.25) is 0 Å². The molecule has 0 aliphatic rings. The number of azo groups is 1. The third-order valence-electron chi connectivity index (χ3n) is 6.94. The van der Waals surface area contributed by atoms with Crippen molar-refractivity contribution in [1.29, 1.82) is 0 Å². The predicted octanol–water partition coefficient (Wildman–Crippen LogP) is 7.17. The second-order valence-electron chi connectivity index (χ2n) is 10.4. The van der Waals surface area contributed by atoms with Gasteiger partial charge in [-0.25, -0.2) is 8.42 Å². The number of hydrogen-bond acceptors (Lipinski definition) is 9. The summed E-state index contributed by atoms with van der Waals surface area (Å²) < 4.78 is 153. The molecule has 0 aliphatic carbocycles. The first-order valence-electron chi connectivity index (χ1n) is 13.8. The van der Waals surface area contributed by atoms with Crippen LogP contribution in [0.4, 0.5) is 59.2 Å². The van der Waals surface area contributed by atoms with E-state index in [-0.39, 0.29) is 46.5 Å². The summed E-state index contributed by atoms with van der Waals surface area (Å²) in [6.45, 7) is 1.41. The summed E-state index contributed by atoms with van der Waals surface area (Å²) in [4.78, 5) is 10.7. The average Bonchev–Trinajstić information content (AvgIpc) is 3.02. The first-order chi connectivity index (χ1) is 23.0. The van der Waals surface area contributed by atoms with Crippen LogP contribution in [0, 0.1) is 0 Å². The van der Waals surface area contributed by atoms with E-state index in [1.54, 1.807) is 6.92 Å². The number of benzene rings is 4. The maximum atomic E-state index is 13.9. The Hall–Kier alpha value is -5.02. The Morgan fingerprint density at radius 1 is 0.900 bits per heavy atom. The van der Waals surface area contributed by atoms with Gasteiger partial charge in [0, 0.05) is 18.3 Å². The van der Waals surface area contributed by atoms with Crippen molar-refractivity contribution < 1.29 is 62.0 Å². The molecular weight excluding hydrogens is 727 g/mol. The third-order valence-corrected chi connectivity index (χ3v) is 9.64. The van der Waals surface area contributed by atoms with Gasteiger partial charge in [-0.2, -0.15) is 39.2 Å². The molecule has 0 bridgehead atoms. The van der Waals surface area contributed by atoms with E-state index in [1.807, 2.05) is 0 Å². The van der Waals surface area contributed by atoms with E-state index in [0.717, 1.165) is 46.8 Å². The number of phenolic OH excluding ortho intramolecular Hbond substituents is 1. The fourth-order valence-corrected chi connectivity index (χ4v) is 6.70. The van der Waals surface area contributed by atoms with Crippen molar-refractivity contribution in [3.05, 3.63) is 72.8 Å². The van der Waals surface area contributed by atoms with Gasteiger partial charge in [-0.1, -0.05) is 25.1 Å². The predicted molar refractivity (Wildman–Crippen MR) is 166 cm³/mol. The third kappa shape index (κ3) is 7.14. The molecule has 0 saturated heterocycles. The van der Waals surface area contributed by atoms with Gasteiger partial charge < -0.3 is 16.2 Å². The number of aromatic hydroxyl groups is 1. The maximum absolute atomic E-state index is 13.9. The van der Waals surface area contributed by atoms with Crippen LogP contribution in [0.3, 0.4) is 0 Å². The van der Waals surface area contributed by atoms with Gasteiger partial charge in [0.2, 0.25) is 0 Å². The zero-order valence-corrected chi connectivity index (χ0v) is 26.8. The summed E-state index contributed by atoms with van der Waals surface area (Å²) >= 11 is 0. The first-order valence-corrected chi connectivity index (χ1v) is 16.7. The van der Waals surface area contributed by atoms with Gasteiger partial charge in [-0.3, -0.25) is 13.7 Å². The van der Waals surface area contributed by atoms with E-state index in [4.69, 9.17) is 5.73 Å². The van der Waals surface area contributed by atoms with Gasteiger partial charge in [-0.05, 0) is 60.3 Å². The van der Waals surface area contributed by atoms with E-state index < -0.39 is 65.3 Å². The van der Waals surface area contributed by atoms with E-state index in [9.17, 15) is 62.0 Å². The number of nitrogens with zero attached hydrogens (tertiary/aromatic N) is 3. The molecule has 0 atom stereocenters. The fraction of sp³-hybridized carbons (Fsp3) is 0.207. The summed E-state index contributed by atoms with van der Waals surface area (Å²) in [6, 6.07) is 13.2. The Kier molecular flexibility index (Phi) is 10.1. The second kappa shape index (κ2) is 13.4. The van der Waals surface area contributed by atoms with Crippen molar-refractivity contribution >= 4 is 65.3 Å². The minimum absolute atomic E-state index is 0.0591. The quantitative estimate of drug-likeness (QED) is 0.0537. The molecule has 268 valence electrons. The van der Waals surface area contributed by atoms with Crippen LogP contribution >= 0.6 is 0 Å². The number of carbonyl (C=O) groups excluding carboxylic acids is 1. The SMILES string of the molecule is CCCN(c1ccc(NC(=O)C(F)(F)C(F)(F)C(F)(F)F)cc1)S(=O)(=O)c1ccccc1N=Nc1c(N)ccc2cc(S(=O)(=O)O)cc(O)c12. The smallest absolute Gasteiger partial charge is 0.460 e. The number of anilines is 3. The Morgan fingerprint density at radius 2 is 1.52 bits per heavy atom. The molecule has 4 aromatic carbocycles. The van der Waals surface area contributed by atoms with E-state index >= 15 is 0 Å². The summed E-state index contributed by atoms with van der Waals surface area (Å²) in [5.41, 5.74) is 4.74. The number of sulfonamides is 1. The summed E-state index contributed by atoms with van der Waals surface area (Å²) in [7, 11) is -9.26. The van der Waals surface area contributed by atoms with Gasteiger partial charge in [0.15, 0.2) is 0 Å². The number of alkyl halides is 7. The van der Waals surface area contributed by atoms with Crippen molar-refractivity contribution in [1.82, 2.24) is 0 Å².